The van der Waals surface area contributed by atoms with Gasteiger partial charge in [-0.2, -0.15) is 4.99 Å². The molecule has 1 unspecified atom stereocenters. The highest BCUT2D eigenvalue weighted by molar-refractivity contribution is 5.75. The molecule has 1 aromatic rings. The van der Waals surface area contributed by atoms with Gasteiger partial charge in [0.1, 0.15) is 5.69 Å². The molecule has 6 heteroatoms. The first-order chi connectivity index (χ1) is 6.59. The summed E-state index contributed by atoms with van der Waals surface area (Å²) in [5, 5.41) is 21.5. The minimum Gasteiger partial charge on any atom is -0.623 e. The van der Waals surface area contributed by atoms with Gasteiger partial charge in [0, 0.05) is 5.56 Å². The molecule has 2 rings (SSSR count). The average molecular weight is 193 g/mol. The average Bonchev–Trinajstić information content (AvgIpc) is 2.46. The fourth-order valence-electron chi connectivity index (χ4n) is 1.38. The van der Waals surface area contributed by atoms with Gasteiger partial charge in [-0.1, -0.05) is 0 Å². The predicted octanol–water partition coefficient (Wildman–Crippen LogP) is 0.591. The Balaban J connectivity index is 2.60. The highest BCUT2D eigenvalue weighted by Crippen LogP contribution is 2.31. The molecule has 0 aromatic heterocycles. The Morgan fingerprint density at radius 1 is 1.50 bits per heavy atom. The maximum Gasteiger partial charge on any atom is 0.278 e. The van der Waals surface area contributed by atoms with Crippen LogP contribution in [0.15, 0.2) is 17.1 Å². The Labute approximate surface area is 79.2 Å². The summed E-state index contributed by atoms with van der Waals surface area (Å²) in [7, 11) is 0. The molecule has 0 amide bonds. The molecule has 1 aliphatic rings. The number of aryl methyl sites for hydroxylation is 1. The van der Waals surface area contributed by atoms with Crippen LogP contribution in [0.3, 0.4) is 0 Å². The topological polar surface area (TPSA) is 83.0 Å². The van der Waals surface area contributed by atoms with Crippen molar-refractivity contribution in [1.82, 2.24) is 0 Å². The molecule has 0 bridgehead atoms. The fraction of sp³-hybridized carbons (Fsp3) is 0.125. The van der Waals surface area contributed by atoms with Crippen LogP contribution in [0.5, 0.6) is 0 Å². The van der Waals surface area contributed by atoms with Gasteiger partial charge in [-0.15, -0.1) is 0 Å². The van der Waals surface area contributed by atoms with E-state index in [1.807, 2.05) is 0 Å². The molecule has 72 valence electrons. The number of hydroxylamine groups is 1. The summed E-state index contributed by atoms with van der Waals surface area (Å²) in [6.45, 7) is 1.62. The quantitative estimate of drug-likeness (QED) is 0.402. The summed E-state index contributed by atoms with van der Waals surface area (Å²) in [6.07, 6.45) is 1.17. The summed E-state index contributed by atoms with van der Waals surface area (Å²) in [6, 6.07) is 2.83. The molecular formula is C8H7N3O3. The third kappa shape index (κ3) is 1.17. The van der Waals surface area contributed by atoms with Gasteiger partial charge in [-0.25, -0.2) is 0 Å². The molecule has 0 saturated heterocycles. The van der Waals surface area contributed by atoms with Crippen molar-refractivity contribution >= 4 is 23.4 Å². The first-order valence-corrected chi connectivity index (χ1v) is 3.97. The second-order valence-electron chi connectivity index (χ2n) is 3.04. The predicted molar refractivity (Wildman–Crippen MR) is 50.0 cm³/mol. The number of hydrogen-bond acceptors (Lipinski definition) is 4. The molecule has 0 fully saturated rings. The monoisotopic (exact) mass is 193 g/mol. The molecule has 0 saturated carbocycles. The standard InChI is InChI=1S/C8H7N3O3/c1-5-2-6-8(10(12)4-9-6)3-7(5)11(13)14/h2-4,10H,1H3. The van der Waals surface area contributed by atoms with E-state index in [1.165, 1.54) is 12.4 Å². The van der Waals surface area contributed by atoms with Crippen LogP contribution in [0.1, 0.15) is 5.56 Å². The van der Waals surface area contributed by atoms with E-state index in [1.54, 1.807) is 13.0 Å². The minimum absolute atomic E-state index is 0.0393. The number of nitrogens with zero attached hydrogens (tertiary/aromatic N) is 2. The SMILES string of the molecule is Cc1cc2c(cc1[N+](=O)[O-])[NH+]([O-])C=N2. The Morgan fingerprint density at radius 3 is 2.86 bits per heavy atom. The third-order valence-corrected chi connectivity index (χ3v) is 2.10. The Bertz CT molecular complexity index is 442. The van der Waals surface area contributed by atoms with E-state index in [0.717, 1.165) is 0 Å². The number of rotatable bonds is 1. The van der Waals surface area contributed by atoms with E-state index in [0.29, 0.717) is 16.9 Å². The van der Waals surface area contributed by atoms with Crippen molar-refractivity contribution in [2.24, 2.45) is 4.99 Å². The lowest BCUT2D eigenvalue weighted by molar-refractivity contribution is -0.655. The number of aliphatic imine (C=N–C) groups is 1. The second kappa shape index (κ2) is 2.86. The molecule has 1 aromatic carbocycles. The van der Waals surface area contributed by atoms with Crippen LogP contribution in [0.4, 0.5) is 17.1 Å². The van der Waals surface area contributed by atoms with Crippen molar-refractivity contribution < 1.29 is 9.99 Å². The zero-order chi connectivity index (χ0) is 10.3. The van der Waals surface area contributed by atoms with Crippen LogP contribution in [0.25, 0.3) is 0 Å². The molecular weight excluding hydrogens is 186 g/mol. The number of hydrogen-bond donors (Lipinski definition) is 1. The van der Waals surface area contributed by atoms with Crippen molar-refractivity contribution in [2.75, 3.05) is 0 Å². The van der Waals surface area contributed by atoms with Gasteiger partial charge in [0.25, 0.3) is 5.69 Å². The van der Waals surface area contributed by atoms with Crippen molar-refractivity contribution in [3.8, 4) is 0 Å². The van der Waals surface area contributed by atoms with Gasteiger partial charge in [-0.05, 0) is 13.0 Å². The smallest absolute Gasteiger partial charge is 0.278 e. The molecule has 1 heterocycles. The molecule has 14 heavy (non-hydrogen) atoms. The van der Waals surface area contributed by atoms with Gasteiger partial charge in [-0.3, -0.25) is 15.2 Å². The number of nitrogens with one attached hydrogen (secondary N) is 1. The molecule has 0 radical (unpaired) electrons. The van der Waals surface area contributed by atoms with Crippen LogP contribution in [-0.2, 0) is 0 Å². The number of nitro groups is 1. The van der Waals surface area contributed by atoms with Crippen molar-refractivity contribution in [1.29, 1.82) is 0 Å². The van der Waals surface area contributed by atoms with E-state index in [4.69, 9.17) is 0 Å². The van der Waals surface area contributed by atoms with Gasteiger partial charge in [0.05, 0.1) is 11.0 Å². The van der Waals surface area contributed by atoms with Crippen LogP contribution in [0.2, 0.25) is 0 Å². The molecule has 1 atom stereocenters. The Morgan fingerprint density at radius 2 is 2.21 bits per heavy atom. The Kier molecular flexibility index (Phi) is 1.80. The number of quaternary nitrogens is 1. The van der Waals surface area contributed by atoms with Crippen LogP contribution in [-0.4, -0.2) is 11.3 Å². The second-order valence-corrected chi connectivity index (χ2v) is 3.04. The maximum atomic E-state index is 11.2. The zero-order valence-corrected chi connectivity index (χ0v) is 7.35. The molecule has 6 nitrogen and oxygen atoms in total. The molecule has 0 aliphatic carbocycles. The minimum atomic E-state index is -0.499. The highest BCUT2D eigenvalue weighted by Gasteiger charge is 2.21. The summed E-state index contributed by atoms with van der Waals surface area (Å²) >= 11 is 0. The lowest BCUT2D eigenvalue weighted by Gasteiger charge is -2.11. The van der Waals surface area contributed by atoms with Gasteiger partial charge in [0.2, 0.25) is 0 Å². The first-order valence-electron chi connectivity index (χ1n) is 3.97. The lowest BCUT2D eigenvalue weighted by Crippen LogP contribution is -2.99. The van der Waals surface area contributed by atoms with Crippen molar-refractivity contribution in [3.05, 3.63) is 33.0 Å². The summed E-state index contributed by atoms with van der Waals surface area (Å²) in [4.78, 5) is 13.9. The summed E-state index contributed by atoms with van der Waals surface area (Å²) < 4.78 is 0. The van der Waals surface area contributed by atoms with Crippen molar-refractivity contribution in [3.63, 3.8) is 0 Å². The van der Waals surface area contributed by atoms with Crippen LogP contribution >= 0.6 is 0 Å². The normalized spacial score (nSPS) is 18.3. The summed E-state index contributed by atoms with van der Waals surface area (Å²) in [5.41, 5.74) is 1.30. The maximum absolute atomic E-state index is 11.2. The number of nitro benzene ring substituents is 1. The molecule has 1 N–H and O–H groups in total. The van der Waals surface area contributed by atoms with E-state index in [2.05, 4.69) is 4.99 Å². The number of fused-ring (bicyclic) bond motifs is 1. The third-order valence-electron chi connectivity index (χ3n) is 2.10. The van der Waals surface area contributed by atoms with Gasteiger partial charge in [0.15, 0.2) is 12.0 Å². The molecule has 0 spiro atoms. The molecule has 1 aliphatic heterocycles. The lowest BCUT2D eigenvalue weighted by atomic mass is 10.1. The van der Waals surface area contributed by atoms with E-state index < -0.39 is 4.92 Å². The zero-order valence-electron chi connectivity index (χ0n) is 7.35. The number of benzene rings is 1. The van der Waals surface area contributed by atoms with E-state index in [-0.39, 0.29) is 10.8 Å². The van der Waals surface area contributed by atoms with E-state index >= 15 is 0 Å². The Hall–Kier alpha value is -1.79. The van der Waals surface area contributed by atoms with Gasteiger partial charge < -0.3 is 5.21 Å². The van der Waals surface area contributed by atoms with Gasteiger partial charge >= 0.3 is 0 Å². The van der Waals surface area contributed by atoms with Crippen LogP contribution in [0, 0.1) is 22.2 Å². The van der Waals surface area contributed by atoms with E-state index in [9.17, 15) is 15.3 Å². The largest absolute Gasteiger partial charge is 0.623 e. The fourth-order valence-corrected chi connectivity index (χ4v) is 1.38. The van der Waals surface area contributed by atoms with Crippen LogP contribution < -0.4 is 5.06 Å². The first kappa shape index (κ1) is 8.79. The summed E-state index contributed by atoms with van der Waals surface area (Å²) in [5.74, 6) is 0. The van der Waals surface area contributed by atoms with Crippen molar-refractivity contribution in [2.45, 2.75) is 6.92 Å². The highest BCUT2D eigenvalue weighted by atomic mass is 16.6.